The molecule has 1 aliphatic heterocycles. The molecule has 2 aromatic heterocycles. The molecule has 0 amide bonds. The van der Waals surface area contributed by atoms with Crippen molar-refractivity contribution in [1.29, 1.82) is 0 Å². The number of fused-ring (bicyclic) bond motifs is 1. The van der Waals surface area contributed by atoms with E-state index in [1.807, 2.05) is 37.3 Å². The molecule has 10 nitrogen and oxygen atoms in total. The van der Waals surface area contributed by atoms with Crippen molar-refractivity contribution in [3.8, 4) is 17.1 Å². The number of ether oxygens (including phenoxy) is 2. The number of rotatable bonds is 11. The Hall–Kier alpha value is -3.54. The number of imidazole rings is 1. The monoisotopic (exact) mass is 593 g/mol. The van der Waals surface area contributed by atoms with E-state index < -0.39 is 16.3 Å². The molecule has 11 heteroatoms. The minimum Gasteiger partial charge on any atom is -0.493 e. The lowest BCUT2D eigenvalue weighted by atomic mass is 10.0. The Bertz CT molecular complexity index is 1700. The maximum atomic E-state index is 14.1. The predicted octanol–water partition coefficient (Wildman–Crippen LogP) is 5.41. The summed E-state index contributed by atoms with van der Waals surface area (Å²) in [4.78, 5) is 20.9. The average Bonchev–Trinajstić information content (AvgIpc) is 3.34. The van der Waals surface area contributed by atoms with E-state index in [1.54, 1.807) is 23.6 Å². The first-order valence-corrected chi connectivity index (χ1v) is 16.2. The normalized spacial score (nSPS) is 16.4. The van der Waals surface area contributed by atoms with E-state index in [0.29, 0.717) is 54.5 Å². The van der Waals surface area contributed by atoms with E-state index in [-0.39, 0.29) is 22.2 Å². The zero-order valence-corrected chi connectivity index (χ0v) is 25.5. The van der Waals surface area contributed by atoms with Crippen LogP contribution in [0.2, 0.25) is 0 Å². The highest BCUT2D eigenvalue weighted by Crippen LogP contribution is 2.34. The van der Waals surface area contributed by atoms with Gasteiger partial charge in [0, 0.05) is 12.5 Å². The molecule has 1 fully saturated rings. The Labute approximate surface area is 246 Å². The molecule has 0 bridgehead atoms. The van der Waals surface area contributed by atoms with Crippen molar-refractivity contribution in [2.24, 2.45) is 0 Å². The average molecular weight is 594 g/mol. The summed E-state index contributed by atoms with van der Waals surface area (Å²) in [6.45, 7) is 8.84. The summed E-state index contributed by atoms with van der Waals surface area (Å²) in [5.41, 5.74) is 2.01. The number of nitrogens with one attached hydrogen (secondary N) is 1. The third kappa shape index (κ3) is 5.86. The number of H-pyrrole nitrogens is 1. The van der Waals surface area contributed by atoms with Crippen molar-refractivity contribution in [3.63, 3.8) is 0 Å². The lowest BCUT2D eigenvalue weighted by Crippen LogP contribution is -2.45. The fourth-order valence-electron chi connectivity index (χ4n) is 5.59. The molecule has 1 aliphatic rings. The molecule has 2 aromatic carbocycles. The van der Waals surface area contributed by atoms with Crippen LogP contribution in [0.1, 0.15) is 75.9 Å². The number of benzene rings is 2. The Balaban J connectivity index is 1.56. The van der Waals surface area contributed by atoms with E-state index in [4.69, 9.17) is 14.6 Å². The highest BCUT2D eigenvalue weighted by molar-refractivity contribution is 7.89. The summed E-state index contributed by atoms with van der Waals surface area (Å²) >= 11 is 0. The fraction of sp³-hybridized carbons (Fsp3) is 0.452. The zero-order valence-electron chi connectivity index (χ0n) is 24.7. The number of hydrogen-bond acceptors (Lipinski definition) is 7. The third-order valence-corrected chi connectivity index (χ3v) is 9.73. The first-order chi connectivity index (χ1) is 20.3. The minimum absolute atomic E-state index is 0.0842. The molecule has 4 aromatic rings. The van der Waals surface area contributed by atoms with Crippen LogP contribution in [0.15, 0.2) is 58.2 Å². The predicted molar refractivity (Wildman–Crippen MR) is 161 cm³/mol. The topological polar surface area (TPSA) is 119 Å². The second kappa shape index (κ2) is 12.8. The zero-order chi connectivity index (χ0) is 29.9. The molecule has 5 rings (SSSR count). The molecule has 1 N–H and O–H groups in total. The van der Waals surface area contributed by atoms with Crippen LogP contribution in [0.25, 0.3) is 16.9 Å². The molecule has 3 heterocycles. The second-order valence-corrected chi connectivity index (χ2v) is 12.5. The second-order valence-electron chi connectivity index (χ2n) is 10.6. The summed E-state index contributed by atoms with van der Waals surface area (Å²) in [6.07, 6.45) is 3.36. The minimum atomic E-state index is -3.94. The number of sulfonamides is 1. The number of nitrogens with zero attached hydrogens (tertiary/aromatic N) is 4. The van der Waals surface area contributed by atoms with Gasteiger partial charge in [0.25, 0.3) is 5.56 Å². The first kappa shape index (κ1) is 29.9. The van der Waals surface area contributed by atoms with Gasteiger partial charge in [-0.05, 0) is 69.7 Å². The van der Waals surface area contributed by atoms with Crippen molar-refractivity contribution < 1.29 is 17.9 Å². The lowest BCUT2D eigenvalue weighted by molar-refractivity contribution is -0.0486. The van der Waals surface area contributed by atoms with Crippen molar-refractivity contribution in [3.05, 3.63) is 76.0 Å². The number of aromatic amines is 1. The molecule has 42 heavy (non-hydrogen) atoms. The Morgan fingerprint density at radius 1 is 1.07 bits per heavy atom. The van der Waals surface area contributed by atoms with Gasteiger partial charge in [0.2, 0.25) is 10.0 Å². The molecular weight excluding hydrogens is 554 g/mol. The van der Waals surface area contributed by atoms with Gasteiger partial charge in [-0.3, -0.25) is 4.79 Å². The summed E-state index contributed by atoms with van der Waals surface area (Å²) in [5, 5.41) is 4.79. The lowest BCUT2D eigenvalue weighted by Gasteiger charge is -2.34. The summed E-state index contributed by atoms with van der Waals surface area (Å²) in [5.74, 6) is 1.48. The highest BCUT2D eigenvalue weighted by Gasteiger charge is 2.35. The maximum Gasteiger partial charge on any atom is 0.277 e. The van der Waals surface area contributed by atoms with Gasteiger partial charge in [-0.2, -0.15) is 4.31 Å². The number of hydrogen-bond donors (Lipinski definition) is 1. The largest absolute Gasteiger partial charge is 0.493 e. The van der Waals surface area contributed by atoms with Crippen LogP contribution in [-0.4, -0.2) is 51.7 Å². The van der Waals surface area contributed by atoms with E-state index in [1.165, 1.54) is 10.4 Å². The van der Waals surface area contributed by atoms with Crippen molar-refractivity contribution in [2.45, 2.75) is 83.4 Å². The fourth-order valence-corrected chi connectivity index (χ4v) is 7.21. The standard InChI is InChI=1S/C31H39N5O5S/c1-5-23(6-2)30-32-21(4)28-31(37)33-29(34-36(28)30)25-19-24(16-17-26(25)40-7-3)42(38,39)35-18-12-11-15-27(35)41-20-22-13-9-8-10-14-22/h8-10,13-14,16-17,19,23,27H,5-7,11-12,15,18,20H2,1-4H3,(H,33,34,37). The summed E-state index contributed by atoms with van der Waals surface area (Å²) in [6, 6.07) is 14.4. The van der Waals surface area contributed by atoms with Crippen molar-refractivity contribution in [2.75, 3.05) is 13.2 Å². The molecule has 1 atom stereocenters. The van der Waals surface area contributed by atoms with Crippen LogP contribution < -0.4 is 10.3 Å². The number of piperidine rings is 1. The van der Waals surface area contributed by atoms with Gasteiger partial charge in [-0.1, -0.05) is 44.2 Å². The van der Waals surface area contributed by atoms with Gasteiger partial charge in [-0.15, -0.1) is 5.10 Å². The Kier molecular flexibility index (Phi) is 9.10. The molecular formula is C31H39N5O5S. The van der Waals surface area contributed by atoms with Crippen LogP contribution in [0.3, 0.4) is 0 Å². The van der Waals surface area contributed by atoms with E-state index >= 15 is 0 Å². The van der Waals surface area contributed by atoms with Crippen LogP contribution in [0.4, 0.5) is 0 Å². The molecule has 1 saturated heterocycles. The Morgan fingerprint density at radius 2 is 1.83 bits per heavy atom. The third-order valence-electron chi connectivity index (χ3n) is 7.85. The maximum absolute atomic E-state index is 14.1. The quantitative estimate of drug-likeness (QED) is 0.247. The highest BCUT2D eigenvalue weighted by atomic mass is 32.2. The molecule has 0 radical (unpaired) electrons. The van der Waals surface area contributed by atoms with Crippen LogP contribution in [0, 0.1) is 6.92 Å². The van der Waals surface area contributed by atoms with Gasteiger partial charge in [0.05, 0.1) is 29.4 Å². The summed E-state index contributed by atoms with van der Waals surface area (Å²) < 4.78 is 43.2. The number of aryl methyl sites for hydroxylation is 1. The van der Waals surface area contributed by atoms with E-state index in [9.17, 15) is 13.2 Å². The van der Waals surface area contributed by atoms with Crippen molar-refractivity contribution in [1.82, 2.24) is 23.9 Å². The van der Waals surface area contributed by atoms with Crippen LogP contribution in [0.5, 0.6) is 5.75 Å². The van der Waals surface area contributed by atoms with Crippen molar-refractivity contribution >= 4 is 15.5 Å². The van der Waals surface area contributed by atoms with Gasteiger partial charge in [0.1, 0.15) is 17.8 Å². The van der Waals surface area contributed by atoms with Gasteiger partial charge in [-0.25, -0.2) is 17.9 Å². The molecule has 0 aliphatic carbocycles. The van der Waals surface area contributed by atoms with Crippen LogP contribution >= 0.6 is 0 Å². The summed E-state index contributed by atoms with van der Waals surface area (Å²) in [7, 11) is -3.94. The van der Waals surface area contributed by atoms with E-state index in [0.717, 1.165) is 31.2 Å². The Morgan fingerprint density at radius 3 is 2.55 bits per heavy atom. The van der Waals surface area contributed by atoms with Gasteiger partial charge in [0.15, 0.2) is 11.3 Å². The molecule has 0 spiro atoms. The number of aromatic nitrogens is 4. The van der Waals surface area contributed by atoms with Crippen LogP contribution in [-0.2, 0) is 21.4 Å². The van der Waals surface area contributed by atoms with E-state index in [2.05, 4.69) is 23.8 Å². The van der Waals surface area contributed by atoms with Gasteiger partial charge >= 0.3 is 0 Å². The van der Waals surface area contributed by atoms with Gasteiger partial charge < -0.3 is 14.5 Å². The molecule has 0 saturated carbocycles. The smallest absolute Gasteiger partial charge is 0.277 e. The molecule has 1 unspecified atom stereocenters. The SMILES string of the molecule is CCOc1ccc(S(=O)(=O)N2CCCCC2OCc2ccccc2)cc1-c1nn2c(C(CC)CC)nc(C)c2c(=O)[nH]1. The molecule has 224 valence electrons. The first-order valence-electron chi connectivity index (χ1n) is 14.7.